The first kappa shape index (κ1) is 8.39. The average molecular weight is 148 g/mol. The van der Waals surface area contributed by atoms with E-state index in [1.165, 1.54) is 12.2 Å². The van der Waals surface area contributed by atoms with Crippen molar-refractivity contribution in [3.8, 4) is 0 Å². The van der Waals surface area contributed by atoms with Crippen molar-refractivity contribution in [3.63, 3.8) is 0 Å². The molecule has 0 N–H and O–H groups in total. The van der Waals surface area contributed by atoms with Gasteiger partial charge in [0.15, 0.2) is 0 Å². The molecule has 0 radical (unpaired) electrons. The van der Waals surface area contributed by atoms with Gasteiger partial charge in [0.2, 0.25) is 0 Å². The van der Waals surface area contributed by atoms with Gasteiger partial charge in [-0.15, -0.1) is 0 Å². The van der Waals surface area contributed by atoms with E-state index in [4.69, 9.17) is 0 Å². The molecule has 0 fully saturated rings. The van der Waals surface area contributed by atoms with Gasteiger partial charge >= 0.3 is 0 Å². The van der Waals surface area contributed by atoms with Gasteiger partial charge in [0.25, 0.3) is 10.1 Å². The zero-order chi connectivity index (χ0) is 7.33. The van der Waals surface area contributed by atoms with E-state index in [-0.39, 0.29) is 0 Å². The molecule has 0 amide bonds. The van der Waals surface area contributed by atoms with Crippen LogP contribution >= 0.6 is 0 Å². The molecule has 0 aromatic heterocycles. The fraction of sp³-hybridized carbons (Fsp3) is 0.200. The molecular weight excluding hydrogens is 140 g/mol. The van der Waals surface area contributed by atoms with Crippen LogP contribution in [0.5, 0.6) is 0 Å². The summed E-state index contributed by atoms with van der Waals surface area (Å²) in [7, 11) is -2.33. The Labute approximate surface area is 54.8 Å². The van der Waals surface area contributed by atoms with Crippen molar-refractivity contribution in [2.75, 3.05) is 7.11 Å². The number of hydrogen-bond acceptors (Lipinski definition) is 3. The quantitative estimate of drug-likeness (QED) is 0.436. The lowest BCUT2D eigenvalue weighted by atomic mass is 10.6. The fourth-order valence-electron chi connectivity index (χ4n) is 0.207. The first-order valence-electron chi connectivity index (χ1n) is 2.22. The largest absolute Gasteiger partial charge is 0.289 e. The molecule has 0 unspecified atom stereocenters. The van der Waals surface area contributed by atoms with E-state index in [1.54, 1.807) is 0 Å². The molecule has 0 saturated carbocycles. The zero-order valence-electron chi connectivity index (χ0n) is 5.07. The Morgan fingerprint density at radius 1 is 1.56 bits per heavy atom. The van der Waals surface area contributed by atoms with E-state index in [0.29, 0.717) is 0 Å². The van der Waals surface area contributed by atoms with Crippen LogP contribution in [0.25, 0.3) is 0 Å². The molecule has 0 aliphatic heterocycles. The molecule has 3 nitrogen and oxygen atoms in total. The summed E-state index contributed by atoms with van der Waals surface area (Å²) in [6, 6.07) is 0. The standard InChI is InChI=1S/C5H8O3S/c1-3-4-5-9(6,7)8-2/h3-5H,1H2,2H3. The van der Waals surface area contributed by atoms with Gasteiger partial charge in [-0.05, 0) is 6.08 Å². The van der Waals surface area contributed by atoms with Crippen LogP contribution in [0.4, 0.5) is 0 Å². The predicted octanol–water partition coefficient (Wildman–Crippen LogP) is 0.662. The summed E-state index contributed by atoms with van der Waals surface area (Å²) in [5.74, 6) is 0. The van der Waals surface area contributed by atoms with Crippen LogP contribution in [-0.4, -0.2) is 15.5 Å². The molecule has 0 spiro atoms. The minimum absolute atomic E-state index is 0.931. The monoisotopic (exact) mass is 148 g/mol. The Bertz CT molecular complexity index is 200. The molecule has 0 heterocycles. The molecule has 4 heteroatoms. The highest BCUT2D eigenvalue weighted by Gasteiger charge is 1.97. The second-order valence-electron chi connectivity index (χ2n) is 1.22. The molecule has 0 aliphatic carbocycles. The van der Waals surface area contributed by atoms with Gasteiger partial charge in [-0.25, -0.2) is 0 Å². The fourth-order valence-corrected chi connectivity index (χ4v) is 0.622. The number of rotatable bonds is 3. The molecule has 0 aromatic carbocycles. The second kappa shape index (κ2) is 3.42. The van der Waals surface area contributed by atoms with Gasteiger partial charge in [0, 0.05) is 0 Å². The molecule has 52 valence electrons. The third-order valence-corrected chi connectivity index (χ3v) is 1.57. The van der Waals surface area contributed by atoms with Crippen LogP contribution in [0, 0.1) is 0 Å². The maximum atomic E-state index is 10.4. The number of hydrogen-bond donors (Lipinski definition) is 0. The van der Waals surface area contributed by atoms with Crippen molar-refractivity contribution in [1.82, 2.24) is 0 Å². The van der Waals surface area contributed by atoms with Crippen LogP contribution in [-0.2, 0) is 14.3 Å². The Balaban J connectivity index is 4.21. The molecule has 9 heavy (non-hydrogen) atoms. The van der Waals surface area contributed by atoms with Crippen LogP contribution in [0.3, 0.4) is 0 Å². The Hall–Kier alpha value is -0.610. The first-order chi connectivity index (χ1) is 4.12. The van der Waals surface area contributed by atoms with Crippen molar-refractivity contribution >= 4 is 10.1 Å². The highest BCUT2D eigenvalue weighted by atomic mass is 32.2. The van der Waals surface area contributed by atoms with Gasteiger partial charge in [-0.1, -0.05) is 12.7 Å². The van der Waals surface area contributed by atoms with Crippen LogP contribution < -0.4 is 0 Å². The first-order valence-corrected chi connectivity index (χ1v) is 3.69. The molecule has 0 saturated heterocycles. The minimum Gasteiger partial charge on any atom is -0.270 e. The molecule has 0 atom stereocenters. The lowest BCUT2D eigenvalue weighted by molar-refractivity contribution is 0.406. The summed E-state index contributed by atoms with van der Waals surface area (Å²) >= 11 is 0. The summed E-state index contributed by atoms with van der Waals surface area (Å²) < 4.78 is 24.9. The Morgan fingerprint density at radius 2 is 2.11 bits per heavy atom. The number of allylic oxidation sites excluding steroid dienone is 2. The normalized spacial score (nSPS) is 12.1. The minimum atomic E-state index is -3.43. The summed E-state index contributed by atoms with van der Waals surface area (Å²) in [6.45, 7) is 3.29. The van der Waals surface area contributed by atoms with Crippen molar-refractivity contribution in [3.05, 3.63) is 24.1 Å². The van der Waals surface area contributed by atoms with Gasteiger partial charge in [-0.3, -0.25) is 4.18 Å². The van der Waals surface area contributed by atoms with Crippen molar-refractivity contribution < 1.29 is 12.6 Å². The highest BCUT2D eigenvalue weighted by molar-refractivity contribution is 7.89. The molecule has 0 aromatic rings. The van der Waals surface area contributed by atoms with Crippen LogP contribution in [0.2, 0.25) is 0 Å². The van der Waals surface area contributed by atoms with Gasteiger partial charge in [0.1, 0.15) is 0 Å². The molecular formula is C5H8O3S. The highest BCUT2D eigenvalue weighted by Crippen LogP contribution is 1.90. The maximum absolute atomic E-state index is 10.4. The Morgan fingerprint density at radius 3 is 2.44 bits per heavy atom. The Kier molecular flexibility index (Phi) is 3.19. The molecule has 0 bridgehead atoms. The summed E-state index contributed by atoms with van der Waals surface area (Å²) in [5, 5.41) is 0.931. The van der Waals surface area contributed by atoms with E-state index < -0.39 is 10.1 Å². The summed E-state index contributed by atoms with van der Waals surface area (Å²) in [5.41, 5.74) is 0. The molecule has 0 rings (SSSR count). The van der Waals surface area contributed by atoms with E-state index in [9.17, 15) is 8.42 Å². The van der Waals surface area contributed by atoms with Crippen molar-refractivity contribution in [2.45, 2.75) is 0 Å². The van der Waals surface area contributed by atoms with Gasteiger partial charge < -0.3 is 0 Å². The van der Waals surface area contributed by atoms with Crippen LogP contribution in [0.15, 0.2) is 24.1 Å². The maximum Gasteiger partial charge on any atom is 0.289 e. The SMILES string of the molecule is C=CC=CS(=O)(=O)OC. The smallest absolute Gasteiger partial charge is 0.270 e. The third-order valence-electron chi connectivity index (χ3n) is 0.614. The van der Waals surface area contributed by atoms with E-state index in [2.05, 4.69) is 10.8 Å². The predicted molar refractivity (Wildman–Crippen MR) is 35.3 cm³/mol. The summed E-state index contributed by atoms with van der Waals surface area (Å²) in [6.07, 6.45) is 2.65. The van der Waals surface area contributed by atoms with Crippen molar-refractivity contribution in [2.24, 2.45) is 0 Å². The average Bonchev–Trinajstić information content (AvgIpc) is 1.84. The van der Waals surface area contributed by atoms with Gasteiger partial charge in [0.05, 0.1) is 12.5 Å². The molecule has 0 aliphatic rings. The van der Waals surface area contributed by atoms with E-state index >= 15 is 0 Å². The third kappa shape index (κ3) is 3.93. The zero-order valence-corrected chi connectivity index (χ0v) is 5.89. The van der Waals surface area contributed by atoms with Crippen molar-refractivity contribution in [1.29, 1.82) is 0 Å². The second-order valence-corrected chi connectivity index (χ2v) is 2.81. The van der Waals surface area contributed by atoms with E-state index in [1.807, 2.05) is 0 Å². The van der Waals surface area contributed by atoms with Crippen LogP contribution in [0.1, 0.15) is 0 Å². The topological polar surface area (TPSA) is 43.4 Å². The lowest BCUT2D eigenvalue weighted by Crippen LogP contribution is -1.95. The van der Waals surface area contributed by atoms with Gasteiger partial charge in [-0.2, -0.15) is 8.42 Å². The lowest BCUT2D eigenvalue weighted by Gasteiger charge is -1.88. The van der Waals surface area contributed by atoms with E-state index in [0.717, 1.165) is 12.5 Å². The summed E-state index contributed by atoms with van der Waals surface area (Å²) in [4.78, 5) is 0.